The van der Waals surface area contributed by atoms with Gasteiger partial charge >= 0.3 is 0 Å². The Bertz CT molecular complexity index is 340. The Morgan fingerprint density at radius 3 is 2.94 bits per heavy atom. The van der Waals surface area contributed by atoms with E-state index in [-0.39, 0.29) is 24.8 Å². The van der Waals surface area contributed by atoms with Crippen LogP contribution >= 0.6 is 0 Å². The van der Waals surface area contributed by atoms with Gasteiger partial charge in [0.2, 0.25) is 0 Å². The lowest BCUT2D eigenvalue weighted by atomic mass is 10.1. The summed E-state index contributed by atoms with van der Waals surface area (Å²) in [6.45, 7) is 1.82. The van der Waals surface area contributed by atoms with Crippen molar-refractivity contribution in [1.82, 2.24) is 15.3 Å². The lowest BCUT2D eigenvalue weighted by Gasteiger charge is -2.22. The topological polar surface area (TPSA) is 84.3 Å². The first kappa shape index (κ1) is 12.5. The zero-order valence-corrected chi connectivity index (χ0v) is 9.30. The van der Waals surface area contributed by atoms with Crippen molar-refractivity contribution in [3.63, 3.8) is 0 Å². The van der Waals surface area contributed by atoms with Crippen molar-refractivity contribution >= 4 is 5.91 Å². The average molecular weight is 225 g/mol. The molecule has 1 atom stereocenters. The molecule has 0 aliphatic rings. The number of hydrogen-bond acceptors (Lipinski definition) is 5. The lowest BCUT2D eigenvalue weighted by molar-refractivity contribution is -0.0147. The van der Waals surface area contributed by atoms with Crippen LogP contribution in [-0.4, -0.2) is 46.8 Å². The molecule has 6 nitrogen and oxygen atoms in total. The van der Waals surface area contributed by atoms with Crippen LogP contribution in [0.25, 0.3) is 0 Å². The highest BCUT2D eigenvalue weighted by Gasteiger charge is 2.21. The summed E-state index contributed by atoms with van der Waals surface area (Å²) in [5, 5.41) is 12.3. The van der Waals surface area contributed by atoms with Gasteiger partial charge in [-0.1, -0.05) is 0 Å². The van der Waals surface area contributed by atoms with Crippen LogP contribution in [0, 0.1) is 0 Å². The number of amides is 1. The molecule has 0 bridgehead atoms. The van der Waals surface area contributed by atoms with E-state index in [2.05, 4.69) is 15.3 Å². The number of ether oxygens (including phenoxy) is 1. The minimum Gasteiger partial charge on any atom is -0.386 e. The first-order valence-electron chi connectivity index (χ1n) is 4.81. The predicted octanol–water partition coefficient (Wildman–Crippen LogP) is -0.396. The van der Waals surface area contributed by atoms with E-state index < -0.39 is 5.60 Å². The molecular formula is C10H15N3O3. The second-order valence-corrected chi connectivity index (χ2v) is 3.70. The smallest absolute Gasteiger partial charge is 0.271 e. The molecule has 1 amide bonds. The molecule has 1 heterocycles. The normalized spacial score (nSPS) is 14.2. The molecule has 2 N–H and O–H groups in total. The summed E-state index contributed by atoms with van der Waals surface area (Å²) in [5.74, 6) is -0.371. The van der Waals surface area contributed by atoms with Crippen molar-refractivity contribution < 1.29 is 14.6 Å². The molecule has 0 spiro atoms. The molecule has 88 valence electrons. The van der Waals surface area contributed by atoms with Crippen LogP contribution in [0.2, 0.25) is 0 Å². The van der Waals surface area contributed by atoms with Crippen molar-refractivity contribution in [2.45, 2.75) is 12.5 Å². The molecule has 0 fully saturated rings. The molecular weight excluding hydrogens is 210 g/mol. The van der Waals surface area contributed by atoms with E-state index in [4.69, 9.17) is 4.74 Å². The van der Waals surface area contributed by atoms with Gasteiger partial charge in [-0.3, -0.25) is 9.78 Å². The van der Waals surface area contributed by atoms with E-state index >= 15 is 0 Å². The minimum atomic E-state index is -1.09. The molecule has 0 aromatic carbocycles. The van der Waals surface area contributed by atoms with Crippen molar-refractivity contribution in [3.05, 3.63) is 24.3 Å². The number of aromatic nitrogens is 2. The van der Waals surface area contributed by atoms with E-state index in [0.29, 0.717) is 0 Å². The van der Waals surface area contributed by atoms with Gasteiger partial charge in [0.25, 0.3) is 5.91 Å². The highest BCUT2D eigenvalue weighted by Crippen LogP contribution is 2.01. The number of methoxy groups -OCH3 is 1. The predicted molar refractivity (Wildman–Crippen MR) is 56.9 cm³/mol. The summed E-state index contributed by atoms with van der Waals surface area (Å²) in [5.41, 5.74) is -0.872. The summed E-state index contributed by atoms with van der Waals surface area (Å²) in [7, 11) is 1.49. The van der Waals surface area contributed by atoms with Gasteiger partial charge in [0.15, 0.2) is 0 Å². The Balaban J connectivity index is 2.48. The first-order chi connectivity index (χ1) is 7.55. The fourth-order valence-corrected chi connectivity index (χ4v) is 1.14. The van der Waals surface area contributed by atoms with Gasteiger partial charge in [0.05, 0.1) is 12.8 Å². The molecule has 0 saturated carbocycles. The van der Waals surface area contributed by atoms with Crippen LogP contribution in [0.5, 0.6) is 0 Å². The maximum atomic E-state index is 11.5. The zero-order valence-electron chi connectivity index (χ0n) is 9.30. The largest absolute Gasteiger partial charge is 0.386 e. The standard InChI is InChI=1S/C10H15N3O3/c1-10(15,7-16-2)6-13-9(14)8-5-11-3-4-12-8/h3-5,15H,6-7H2,1-2H3,(H,13,14). The van der Waals surface area contributed by atoms with E-state index in [1.807, 2.05) is 0 Å². The number of hydrogen-bond donors (Lipinski definition) is 2. The molecule has 1 aromatic heterocycles. The fourth-order valence-electron chi connectivity index (χ4n) is 1.14. The van der Waals surface area contributed by atoms with Crippen LogP contribution in [0.15, 0.2) is 18.6 Å². The van der Waals surface area contributed by atoms with Crippen LogP contribution in [0.4, 0.5) is 0 Å². The molecule has 6 heteroatoms. The van der Waals surface area contributed by atoms with Crippen molar-refractivity contribution in [3.8, 4) is 0 Å². The van der Waals surface area contributed by atoms with Crippen LogP contribution in [-0.2, 0) is 4.74 Å². The zero-order chi connectivity index (χ0) is 12.0. The summed E-state index contributed by atoms with van der Waals surface area (Å²) >= 11 is 0. The van der Waals surface area contributed by atoms with Gasteiger partial charge in [0.1, 0.15) is 11.3 Å². The number of nitrogens with one attached hydrogen (secondary N) is 1. The van der Waals surface area contributed by atoms with Gasteiger partial charge in [-0.05, 0) is 6.92 Å². The van der Waals surface area contributed by atoms with Gasteiger partial charge in [-0.25, -0.2) is 4.98 Å². The molecule has 1 unspecified atom stereocenters. The number of carbonyl (C=O) groups excluding carboxylic acids is 1. The maximum Gasteiger partial charge on any atom is 0.271 e. The Labute approximate surface area is 93.7 Å². The van der Waals surface area contributed by atoms with Crippen LogP contribution in [0.1, 0.15) is 17.4 Å². The molecule has 0 aliphatic heterocycles. The molecule has 1 rings (SSSR count). The van der Waals surface area contributed by atoms with Crippen molar-refractivity contribution in [1.29, 1.82) is 0 Å². The van der Waals surface area contributed by atoms with Crippen LogP contribution in [0.3, 0.4) is 0 Å². The molecule has 1 aromatic rings. The minimum absolute atomic E-state index is 0.0935. The third-order valence-electron chi connectivity index (χ3n) is 1.88. The summed E-state index contributed by atoms with van der Waals surface area (Å²) in [6, 6.07) is 0. The Hall–Kier alpha value is -1.53. The Kier molecular flexibility index (Phi) is 4.33. The number of rotatable bonds is 5. The molecule has 0 saturated heterocycles. The molecule has 0 aliphatic carbocycles. The third-order valence-corrected chi connectivity index (χ3v) is 1.88. The van der Waals surface area contributed by atoms with E-state index in [9.17, 15) is 9.90 Å². The monoisotopic (exact) mass is 225 g/mol. The van der Waals surface area contributed by atoms with E-state index in [1.165, 1.54) is 25.7 Å². The average Bonchev–Trinajstić information content (AvgIpc) is 2.27. The quantitative estimate of drug-likeness (QED) is 0.712. The third kappa shape index (κ3) is 3.92. The van der Waals surface area contributed by atoms with Gasteiger partial charge in [-0.15, -0.1) is 0 Å². The highest BCUT2D eigenvalue weighted by atomic mass is 16.5. The van der Waals surface area contributed by atoms with Crippen molar-refractivity contribution in [2.24, 2.45) is 0 Å². The van der Waals surface area contributed by atoms with Gasteiger partial charge < -0.3 is 15.2 Å². The van der Waals surface area contributed by atoms with E-state index in [1.54, 1.807) is 6.92 Å². The molecule has 16 heavy (non-hydrogen) atoms. The van der Waals surface area contributed by atoms with Crippen LogP contribution < -0.4 is 5.32 Å². The number of nitrogens with zero attached hydrogens (tertiary/aromatic N) is 2. The Morgan fingerprint density at radius 2 is 2.38 bits per heavy atom. The maximum absolute atomic E-state index is 11.5. The summed E-state index contributed by atoms with van der Waals surface area (Å²) < 4.78 is 4.82. The second kappa shape index (κ2) is 5.53. The van der Waals surface area contributed by atoms with E-state index in [0.717, 1.165) is 0 Å². The fraction of sp³-hybridized carbons (Fsp3) is 0.500. The van der Waals surface area contributed by atoms with Gasteiger partial charge in [-0.2, -0.15) is 0 Å². The van der Waals surface area contributed by atoms with Gasteiger partial charge in [0, 0.05) is 26.0 Å². The first-order valence-corrected chi connectivity index (χ1v) is 4.81. The highest BCUT2D eigenvalue weighted by molar-refractivity contribution is 5.91. The van der Waals surface area contributed by atoms with Crippen molar-refractivity contribution in [2.75, 3.05) is 20.3 Å². The number of carbonyl (C=O) groups is 1. The molecule has 0 radical (unpaired) electrons. The summed E-state index contributed by atoms with van der Waals surface area (Å²) in [6.07, 6.45) is 4.28. The second-order valence-electron chi connectivity index (χ2n) is 3.70. The Morgan fingerprint density at radius 1 is 1.62 bits per heavy atom. The SMILES string of the molecule is COCC(C)(O)CNC(=O)c1cnccn1. The number of aliphatic hydroxyl groups is 1. The lowest BCUT2D eigenvalue weighted by Crippen LogP contribution is -2.43. The summed E-state index contributed by atoms with van der Waals surface area (Å²) in [4.78, 5) is 19.1.